The number of aromatic nitrogens is 1. The second kappa shape index (κ2) is 4.69. The van der Waals surface area contributed by atoms with E-state index in [4.69, 9.17) is 14.0 Å². The molecule has 0 fully saturated rings. The van der Waals surface area contributed by atoms with Gasteiger partial charge in [-0.2, -0.15) is 0 Å². The minimum atomic E-state index is -0.509. The Hall–Kier alpha value is -2.83. The summed E-state index contributed by atoms with van der Waals surface area (Å²) in [6.45, 7) is 1.73. The monoisotopic (exact) mass is 274 g/mol. The summed E-state index contributed by atoms with van der Waals surface area (Å²) in [6.07, 6.45) is 3.20. The molecule has 0 amide bonds. The molecule has 0 spiro atoms. The second-order valence-electron chi connectivity index (χ2n) is 4.18. The fraction of sp³-hybridized carbons (Fsp3) is 0.154. The zero-order valence-electron chi connectivity index (χ0n) is 10.5. The zero-order chi connectivity index (χ0) is 14.1. The Morgan fingerprint density at radius 2 is 2.10 bits per heavy atom. The van der Waals surface area contributed by atoms with Gasteiger partial charge in [-0.3, -0.25) is 10.1 Å². The molecule has 0 aliphatic carbocycles. The summed E-state index contributed by atoms with van der Waals surface area (Å²) < 4.78 is 15.4. The van der Waals surface area contributed by atoms with Gasteiger partial charge >= 0.3 is 5.69 Å². The van der Waals surface area contributed by atoms with Crippen LogP contribution >= 0.6 is 0 Å². The Morgan fingerprint density at radius 3 is 2.90 bits per heavy atom. The maximum Gasteiger partial charge on any atom is 0.338 e. The minimum Gasteiger partial charge on any atom is -0.454 e. The summed E-state index contributed by atoms with van der Waals surface area (Å²) in [5.74, 6) is 1.45. The SMILES string of the molecule is Cc1noc(/C=C\c2ccc3c(c2)OCO3)c1[N+](=O)[O-]. The third-order valence-electron chi connectivity index (χ3n) is 2.86. The molecule has 1 aromatic carbocycles. The van der Waals surface area contributed by atoms with E-state index in [0.29, 0.717) is 11.5 Å². The standard InChI is InChI=1S/C13H10N2O5/c1-8-13(15(16)17)11(20-14-8)5-3-9-2-4-10-12(6-9)19-7-18-10/h2-6H,7H2,1H3/b5-3-. The first-order valence-electron chi connectivity index (χ1n) is 5.83. The molecule has 0 bridgehead atoms. The van der Waals surface area contributed by atoms with Crippen LogP contribution in [-0.2, 0) is 0 Å². The number of rotatable bonds is 3. The van der Waals surface area contributed by atoms with Crippen molar-refractivity contribution in [2.24, 2.45) is 0 Å². The molecule has 2 heterocycles. The number of nitro groups is 1. The molecule has 3 rings (SSSR count). The van der Waals surface area contributed by atoms with Gasteiger partial charge in [-0.1, -0.05) is 17.3 Å². The van der Waals surface area contributed by atoms with Gasteiger partial charge in [0, 0.05) is 0 Å². The number of hydrogen-bond acceptors (Lipinski definition) is 6. The van der Waals surface area contributed by atoms with Crippen molar-refractivity contribution in [2.45, 2.75) is 6.92 Å². The van der Waals surface area contributed by atoms with E-state index in [-0.39, 0.29) is 23.9 Å². The molecule has 7 nitrogen and oxygen atoms in total. The smallest absolute Gasteiger partial charge is 0.338 e. The normalized spacial score (nSPS) is 13.1. The van der Waals surface area contributed by atoms with Gasteiger partial charge < -0.3 is 14.0 Å². The Balaban J connectivity index is 1.89. The van der Waals surface area contributed by atoms with Crippen molar-refractivity contribution in [1.29, 1.82) is 0 Å². The Labute approximate surface area is 113 Å². The van der Waals surface area contributed by atoms with E-state index in [1.807, 2.05) is 6.07 Å². The first-order valence-corrected chi connectivity index (χ1v) is 5.83. The molecular formula is C13H10N2O5. The minimum absolute atomic E-state index is 0.116. The highest BCUT2D eigenvalue weighted by Crippen LogP contribution is 2.33. The first-order chi connectivity index (χ1) is 9.65. The Bertz CT molecular complexity index is 705. The van der Waals surface area contributed by atoms with Crippen molar-refractivity contribution in [3.05, 3.63) is 45.3 Å². The van der Waals surface area contributed by atoms with Crippen LogP contribution in [0.5, 0.6) is 11.5 Å². The first kappa shape index (κ1) is 12.2. The number of ether oxygens (including phenoxy) is 2. The van der Waals surface area contributed by atoms with Crippen LogP contribution in [0.3, 0.4) is 0 Å². The number of fused-ring (bicyclic) bond motifs is 1. The highest BCUT2D eigenvalue weighted by atomic mass is 16.7. The van der Waals surface area contributed by atoms with E-state index in [9.17, 15) is 10.1 Å². The molecular weight excluding hydrogens is 264 g/mol. The zero-order valence-corrected chi connectivity index (χ0v) is 10.5. The maximum atomic E-state index is 10.9. The molecule has 1 aromatic heterocycles. The molecule has 2 aromatic rings. The van der Waals surface area contributed by atoms with Crippen LogP contribution in [0.1, 0.15) is 17.0 Å². The Kier molecular flexibility index (Phi) is 2.86. The summed E-state index contributed by atoms with van der Waals surface area (Å²) in [4.78, 5) is 10.4. The highest BCUT2D eigenvalue weighted by Gasteiger charge is 2.22. The van der Waals surface area contributed by atoms with E-state index in [2.05, 4.69) is 5.16 Å². The van der Waals surface area contributed by atoms with Crippen molar-refractivity contribution < 1.29 is 18.9 Å². The van der Waals surface area contributed by atoms with Crippen LogP contribution in [0.4, 0.5) is 5.69 Å². The van der Waals surface area contributed by atoms with Gasteiger partial charge in [-0.25, -0.2) is 0 Å². The number of aryl methyl sites for hydroxylation is 1. The molecule has 0 N–H and O–H groups in total. The largest absolute Gasteiger partial charge is 0.454 e. The van der Waals surface area contributed by atoms with E-state index in [1.54, 1.807) is 18.2 Å². The Morgan fingerprint density at radius 1 is 1.30 bits per heavy atom. The average Bonchev–Trinajstić information content (AvgIpc) is 3.01. The van der Waals surface area contributed by atoms with Crippen molar-refractivity contribution >= 4 is 17.8 Å². The van der Waals surface area contributed by atoms with Gasteiger partial charge in [0.2, 0.25) is 12.6 Å². The number of hydrogen-bond donors (Lipinski definition) is 0. The van der Waals surface area contributed by atoms with E-state index in [1.165, 1.54) is 13.0 Å². The lowest BCUT2D eigenvalue weighted by Crippen LogP contribution is -1.92. The molecule has 0 atom stereocenters. The molecule has 102 valence electrons. The summed E-state index contributed by atoms with van der Waals surface area (Å²) in [5.41, 5.74) is 0.944. The van der Waals surface area contributed by atoms with Crippen LogP contribution in [0.15, 0.2) is 22.7 Å². The van der Waals surface area contributed by atoms with Crippen LogP contribution in [0, 0.1) is 17.0 Å². The quantitative estimate of drug-likeness (QED) is 0.631. The molecule has 0 saturated heterocycles. The second-order valence-corrected chi connectivity index (χ2v) is 4.18. The highest BCUT2D eigenvalue weighted by molar-refractivity contribution is 5.72. The molecule has 0 unspecified atom stereocenters. The molecule has 7 heteroatoms. The summed E-state index contributed by atoms with van der Waals surface area (Å²) >= 11 is 0. The third kappa shape index (κ3) is 2.09. The van der Waals surface area contributed by atoms with Crippen molar-refractivity contribution in [2.75, 3.05) is 6.79 Å². The molecule has 0 saturated carbocycles. The van der Waals surface area contributed by atoms with Gasteiger partial charge in [0.05, 0.1) is 4.92 Å². The molecule has 0 radical (unpaired) electrons. The average molecular weight is 274 g/mol. The molecule has 1 aliphatic rings. The van der Waals surface area contributed by atoms with Crippen molar-refractivity contribution in [3.8, 4) is 11.5 Å². The van der Waals surface area contributed by atoms with Gasteiger partial charge in [0.15, 0.2) is 17.2 Å². The lowest BCUT2D eigenvalue weighted by Gasteiger charge is -1.96. The topological polar surface area (TPSA) is 87.6 Å². The fourth-order valence-electron chi connectivity index (χ4n) is 1.90. The summed E-state index contributed by atoms with van der Waals surface area (Å²) in [6, 6.07) is 5.38. The summed E-state index contributed by atoms with van der Waals surface area (Å²) in [7, 11) is 0. The van der Waals surface area contributed by atoms with Gasteiger partial charge in [0.1, 0.15) is 0 Å². The number of benzene rings is 1. The van der Waals surface area contributed by atoms with Gasteiger partial charge in [-0.15, -0.1) is 0 Å². The summed E-state index contributed by atoms with van der Waals surface area (Å²) in [5, 5.41) is 14.5. The van der Waals surface area contributed by atoms with E-state index in [0.717, 1.165) is 5.56 Å². The predicted molar refractivity (Wildman–Crippen MR) is 69.4 cm³/mol. The van der Waals surface area contributed by atoms with Crippen LogP contribution < -0.4 is 9.47 Å². The third-order valence-corrected chi connectivity index (χ3v) is 2.86. The van der Waals surface area contributed by atoms with Gasteiger partial charge in [-0.05, 0) is 30.7 Å². The van der Waals surface area contributed by atoms with Gasteiger partial charge in [0.25, 0.3) is 0 Å². The van der Waals surface area contributed by atoms with E-state index >= 15 is 0 Å². The molecule has 20 heavy (non-hydrogen) atoms. The lowest BCUT2D eigenvalue weighted by molar-refractivity contribution is -0.386. The maximum absolute atomic E-state index is 10.9. The fourth-order valence-corrected chi connectivity index (χ4v) is 1.90. The lowest BCUT2D eigenvalue weighted by atomic mass is 10.1. The van der Waals surface area contributed by atoms with E-state index < -0.39 is 4.92 Å². The van der Waals surface area contributed by atoms with Crippen molar-refractivity contribution in [3.63, 3.8) is 0 Å². The number of nitrogens with zero attached hydrogens (tertiary/aromatic N) is 2. The van der Waals surface area contributed by atoms with Crippen LogP contribution in [-0.4, -0.2) is 16.9 Å². The predicted octanol–water partition coefficient (Wildman–Crippen LogP) is 2.79. The van der Waals surface area contributed by atoms with Crippen LogP contribution in [0.25, 0.3) is 12.2 Å². The van der Waals surface area contributed by atoms with Crippen molar-refractivity contribution in [1.82, 2.24) is 5.16 Å². The van der Waals surface area contributed by atoms with Crippen LogP contribution in [0.2, 0.25) is 0 Å². The molecule has 1 aliphatic heterocycles.